The normalized spacial score (nSPS) is 27.0. The van der Waals surface area contributed by atoms with Crippen molar-refractivity contribution in [1.29, 1.82) is 0 Å². The van der Waals surface area contributed by atoms with Crippen molar-refractivity contribution in [3.8, 4) is 12.3 Å². The van der Waals surface area contributed by atoms with Gasteiger partial charge in [0.05, 0.1) is 6.42 Å². The van der Waals surface area contributed by atoms with Crippen LogP contribution in [0.1, 0.15) is 52.9 Å². The van der Waals surface area contributed by atoms with Crippen LogP contribution >= 0.6 is 0 Å². The smallest absolute Gasteiger partial charge is 0.310 e. The number of terminal acetylenes is 1. The number of ether oxygens (including phenoxy) is 1. The summed E-state index contributed by atoms with van der Waals surface area (Å²) in [5.41, 5.74) is 0.824. The van der Waals surface area contributed by atoms with Gasteiger partial charge in [0.25, 0.3) is 0 Å². The highest BCUT2D eigenvalue weighted by molar-refractivity contribution is 5.72. The van der Waals surface area contributed by atoms with Gasteiger partial charge in [-0.05, 0) is 46.5 Å². The molecule has 0 N–H and O–H groups in total. The first-order valence-corrected chi connectivity index (χ1v) is 7.97. The van der Waals surface area contributed by atoms with Crippen molar-refractivity contribution in [2.75, 3.05) is 13.1 Å². The summed E-state index contributed by atoms with van der Waals surface area (Å²) in [5, 5.41) is 0. The second-order valence-electron chi connectivity index (χ2n) is 7.19. The Kier molecular flexibility index (Phi) is 5.11. The SMILES string of the molecule is C#CC1CC(N2CCC=C(CC(=O)OC(C)(C)C)CC2)C1. The number of nitrogens with zero attached hydrogens (tertiary/aromatic N) is 1. The van der Waals surface area contributed by atoms with Crippen LogP contribution in [0.4, 0.5) is 0 Å². The Morgan fingerprint density at radius 3 is 2.76 bits per heavy atom. The van der Waals surface area contributed by atoms with E-state index in [1.165, 1.54) is 5.57 Å². The lowest BCUT2D eigenvalue weighted by molar-refractivity contribution is -0.153. The Labute approximate surface area is 128 Å². The predicted molar refractivity (Wildman–Crippen MR) is 84.7 cm³/mol. The van der Waals surface area contributed by atoms with Crippen molar-refractivity contribution in [1.82, 2.24) is 4.90 Å². The van der Waals surface area contributed by atoms with Crippen LogP contribution in [0.5, 0.6) is 0 Å². The number of hydrogen-bond acceptors (Lipinski definition) is 3. The Bertz CT molecular complexity index is 447. The fourth-order valence-corrected chi connectivity index (χ4v) is 3.05. The Hall–Kier alpha value is -1.27. The number of carbonyl (C=O) groups is 1. The van der Waals surface area contributed by atoms with Crippen molar-refractivity contribution < 1.29 is 9.53 Å². The number of esters is 1. The summed E-state index contributed by atoms with van der Waals surface area (Å²) in [6.45, 7) is 7.85. The van der Waals surface area contributed by atoms with Crippen molar-refractivity contribution >= 4 is 5.97 Å². The van der Waals surface area contributed by atoms with E-state index in [4.69, 9.17) is 11.2 Å². The average Bonchev–Trinajstić information content (AvgIpc) is 2.51. The van der Waals surface area contributed by atoms with Gasteiger partial charge in [0.1, 0.15) is 5.60 Å². The Morgan fingerprint density at radius 2 is 2.14 bits per heavy atom. The maximum Gasteiger partial charge on any atom is 0.310 e. The van der Waals surface area contributed by atoms with Crippen LogP contribution in [-0.4, -0.2) is 35.6 Å². The molecule has 1 aliphatic carbocycles. The minimum Gasteiger partial charge on any atom is -0.460 e. The summed E-state index contributed by atoms with van der Waals surface area (Å²) in [5.74, 6) is 3.21. The molecule has 0 spiro atoms. The monoisotopic (exact) mass is 289 g/mol. The van der Waals surface area contributed by atoms with Gasteiger partial charge in [-0.3, -0.25) is 9.69 Å². The van der Waals surface area contributed by atoms with Gasteiger partial charge in [0.15, 0.2) is 0 Å². The topological polar surface area (TPSA) is 29.5 Å². The summed E-state index contributed by atoms with van der Waals surface area (Å²) in [7, 11) is 0. The molecule has 0 aromatic heterocycles. The van der Waals surface area contributed by atoms with E-state index in [0.717, 1.165) is 38.8 Å². The van der Waals surface area contributed by atoms with Crippen LogP contribution in [0.15, 0.2) is 11.6 Å². The molecule has 3 heteroatoms. The lowest BCUT2D eigenvalue weighted by Crippen LogP contribution is -2.44. The van der Waals surface area contributed by atoms with Gasteiger partial charge in [-0.15, -0.1) is 12.3 Å². The lowest BCUT2D eigenvalue weighted by atomic mass is 9.80. The zero-order valence-electron chi connectivity index (χ0n) is 13.5. The third kappa shape index (κ3) is 4.89. The van der Waals surface area contributed by atoms with E-state index in [1.807, 2.05) is 20.8 Å². The molecule has 1 fully saturated rings. The third-order valence-electron chi connectivity index (χ3n) is 4.23. The van der Waals surface area contributed by atoms with Crippen LogP contribution in [0.25, 0.3) is 0 Å². The molecule has 1 heterocycles. The van der Waals surface area contributed by atoms with Gasteiger partial charge >= 0.3 is 5.97 Å². The second kappa shape index (κ2) is 6.66. The largest absolute Gasteiger partial charge is 0.460 e. The van der Waals surface area contributed by atoms with E-state index >= 15 is 0 Å². The molecule has 0 radical (unpaired) electrons. The van der Waals surface area contributed by atoms with E-state index in [2.05, 4.69) is 16.9 Å². The van der Waals surface area contributed by atoms with Crippen LogP contribution < -0.4 is 0 Å². The third-order valence-corrected chi connectivity index (χ3v) is 4.23. The maximum atomic E-state index is 11.9. The van der Waals surface area contributed by atoms with Crippen LogP contribution in [0.3, 0.4) is 0 Å². The summed E-state index contributed by atoms with van der Waals surface area (Å²) in [4.78, 5) is 14.4. The molecule has 0 bridgehead atoms. The summed E-state index contributed by atoms with van der Waals surface area (Å²) in [6, 6.07) is 0.653. The lowest BCUT2D eigenvalue weighted by Gasteiger charge is -2.40. The van der Waals surface area contributed by atoms with Gasteiger partial charge in [-0.1, -0.05) is 11.6 Å². The van der Waals surface area contributed by atoms with Gasteiger partial charge in [0, 0.05) is 25.0 Å². The quantitative estimate of drug-likeness (QED) is 0.454. The summed E-state index contributed by atoms with van der Waals surface area (Å²) >= 11 is 0. The molecule has 21 heavy (non-hydrogen) atoms. The molecule has 0 saturated heterocycles. The molecular formula is C18H27NO2. The minimum atomic E-state index is -0.398. The maximum absolute atomic E-state index is 11.9. The molecule has 1 aliphatic heterocycles. The van der Waals surface area contributed by atoms with E-state index in [1.54, 1.807) is 0 Å². The van der Waals surface area contributed by atoms with E-state index < -0.39 is 5.60 Å². The number of rotatable bonds is 3. The second-order valence-corrected chi connectivity index (χ2v) is 7.19. The summed E-state index contributed by atoms with van der Waals surface area (Å²) in [6.07, 6.45) is 12.4. The van der Waals surface area contributed by atoms with Gasteiger partial charge in [0.2, 0.25) is 0 Å². The summed E-state index contributed by atoms with van der Waals surface area (Å²) < 4.78 is 5.40. The molecule has 0 unspecified atom stereocenters. The zero-order chi connectivity index (χ0) is 15.5. The minimum absolute atomic E-state index is 0.113. The van der Waals surface area contributed by atoms with Crippen molar-refractivity contribution in [2.24, 2.45) is 5.92 Å². The van der Waals surface area contributed by atoms with E-state index in [-0.39, 0.29) is 5.97 Å². The molecule has 116 valence electrons. The first-order chi connectivity index (χ1) is 9.87. The standard InChI is InChI=1S/C18H27NO2/c1-5-14-11-16(12-14)19-9-6-7-15(8-10-19)13-17(20)21-18(2,3)4/h1,7,14,16H,6,8-13H2,2-4H3. The molecule has 0 aromatic rings. The predicted octanol–water partition coefficient (Wildman–Crippen LogP) is 3.15. The van der Waals surface area contributed by atoms with Crippen molar-refractivity contribution in [3.05, 3.63) is 11.6 Å². The average molecular weight is 289 g/mol. The van der Waals surface area contributed by atoms with Crippen molar-refractivity contribution in [2.45, 2.75) is 64.5 Å². The first-order valence-electron chi connectivity index (χ1n) is 7.97. The molecule has 0 amide bonds. The zero-order valence-corrected chi connectivity index (χ0v) is 13.5. The number of hydrogen-bond donors (Lipinski definition) is 0. The molecule has 3 nitrogen and oxygen atoms in total. The first kappa shape index (κ1) is 16.1. The van der Waals surface area contributed by atoms with E-state index in [0.29, 0.717) is 18.4 Å². The highest BCUT2D eigenvalue weighted by Gasteiger charge is 2.32. The molecule has 2 aliphatic rings. The molecule has 1 saturated carbocycles. The highest BCUT2D eigenvalue weighted by atomic mass is 16.6. The van der Waals surface area contributed by atoms with Crippen LogP contribution in [0, 0.1) is 18.3 Å². The molecule has 2 rings (SSSR count). The fourth-order valence-electron chi connectivity index (χ4n) is 3.05. The van der Waals surface area contributed by atoms with Gasteiger partial charge < -0.3 is 4.74 Å². The molecule has 0 aromatic carbocycles. The number of carbonyl (C=O) groups excluding carboxylic acids is 1. The molecular weight excluding hydrogens is 262 g/mol. The molecule has 0 atom stereocenters. The fraction of sp³-hybridized carbons (Fsp3) is 0.722. The van der Waals surface area contributed by atoms with E-state index in [9.17, 15) is 4.79 Å². The Morgan fingerprint density at radius 1 is 1.43 bits per heavy atom. The van der Waals surface area contributed by atoms with Gasteiger partial charge in [-0.2, -0.15) is 0 Å². The van der Waals surface area contributed by atoms with Gasteiger partial charge in [-0.25, -0.2) is 0 Å². The Balaban J connectivity index is 1.77. The van der Waals surface area contributed by atoms with Crippen LogP contribution in [0.2, 0.25) is 0 Å². The van der Waals surface area contributed by atoms with Crippen LogP contribution in [-0.2, 0) is 9.53 Å². The van der Waals surface area contributed by atoms with Crippen molar-refractivity contribution in [3.63, 3.8) is 0 Å². The highest BCUT2D eigenvalue weighted by Crippen LogP contribution is 2.32.